The van der Waals surface area contributed by atoms with E-state index in [4.69, 9.17) is 13.9 Å². The summed E-state index contributed by atoms with van der Waals surface area (Å²) in [4.78, 5) is 6.83. The van der Waals surface area contributed by atoms with Crippen LogP contribution in [-0.2, 0) is 23.2 Å². The fourth-order valence-electron chi connectivity index (χ4n) is 5.05. The zero-order valence-electron chi connectivity index (χ0n) is 22.8. The number of piperidine rings is 1. The lowest BCUT2D eigenvalue weighted by atomic mass is 9.98. The van der Waals surface area contributed by atoms with Gasteiger partial charge in [-0.05, 0) is 31.0 Å². The fourth-order valence-corrected chi connectivity index (χ4v) is 6.55. The first kappa shape index (κ1) is 30.3. The maximum atomic E-state index is 13.2. The standard InChI is InChI=1S/C26H30F4N6O4S2/c1-39-21-3-4-22(40-42(2,37)38)17-13-32-25(31-12-16(17)21)19-14-41-26(33-19)15-5-7-35(8-6-15)9-10-36-20(24(29)30)11-18(34-36)23(27)28/h3-4,9-11,14-15,23-25,31-32H,5-8,12-13H2,1-2H3. The highest BCUT2D eigenvalue weighted by atomic mass is 32.2. The molecule has 0 bridgehead atoms. The number of hydrogen-bond acceptors (Lipinski definition) is 10. The lowest BCUT2D eigenvalue weighted by molar-refractivity contribution is 0.143. The van der Waals surface area contributed by atoms with Gasteiger partial charge in [-0.1, -0.05) is 0 Å². The van der Waals surface area contributed by atoms with Crippen LogP contribution in [-0.4, -0.2) is 54.5 Å². The molecule has 4 heterocycles. The first-order chi connectivity index (χ1) is 20.0. The molecular weight excluding hydrogens is 600 g/mol. The summed E-state index contributed by atoms with van der Waals surface area (Å²) in [6.07, 6.45) is -0.692. The molecule has 16 heteroatoms. The van der Waals surface area contributed by atoms with Crippen LogP contribution in [0.3, 0.4) is 0 Å². The monoisotopic (exact) mass is 630 g/mol. The highest BCUT2D eigenvalue weighted by Gasteiger charge is 2.27. The van der Waals surface area contributed by atoms with E-state index in [1.807, 2.05) is 10.3 Å². The van der Waals surface area contributed by atoms with Crippen molar-refractivity contribution in [3.63, 3.8) is 0 Å². The number of nitrogens with one attached hydrogen (secondary N) is 2. The van der Waals surface area contributed by atoms with Gasteiger partial charge in [0, 0.05) is 61.0 Å². The third-order valence-electron chi connectivity index (χ3n) is 7.14. The minimum Gasteiger partial charge on any atom is -0.496 e. The van der Waals surface area contributed by atoms with Crippen LogP contribution in [0.4, 0.5) is 17.6 Å². The summed E-state index contributed by atoms with van der Waals surface area (Å²) in [5.74, 6) is 1.07. The molecule has 1 saturated heterocycles. The fraction of sp³-hybridized carbons (Fsp3) is 0.462. The summed E-state index contributed by atoms with van der Waals surface area (Å²) in [6.45, 7) is 2.01. The van der Waals surface area contributed by atoms with E-state index in [-0.39, 0.29) is 17.8 Å². The van der Waals surface area contributed by atoms with Crippen molar-refractivity contribution in [2.75, 3.05) is 26.5 Å². The lowest BCUT2D eigenvalue weighted by Crippen LogP contribution is -2.31. The Balaban J connectivity index is 1.21. The number of aromatic nitrogens is 3. The van der Waals surface area contributed by atoms with Crippen molar-refractivity contribution in [1.82, 2.24) is 30.3 Å². The van der Waals surface area contributed by atoms with E-state index in [1.165, 1.54) is 6.20 Å². The number of ether oxygens (including phenoxy) is 1. The van der Waals surface area contributed by atoms with Crippen molar-refractivity contribution in [3.05, 3.63) is 63.0 Å². The Labute approximate surface area is 244 Å². The maximum Gasteiger partial charge on any atom is 0.306 e. The van der Waals surface area contributed by atoms with Crippen LogP contribution < -0.4 is 19.6 Å². The summed E-state index contributed by atoms with van der Waals surface area (Å²) in [5.41, 5.74) is 1.03. The molecule has 1 atom stereocenters. The molecule has 3 aromatic rings. The molecule has 2 aliphatic rings. The van der Waals surface area contributed by atoms with Crippen molar-refractivity contribution in [3.8, 4) is 11.5 Å². The van der Waals surface area contributed by atoms with Crippen molar-refractivity contribution >= 4 is 27.7 Å². The molecule has 1 unspecified atom stereocenters. The Morgan fingerprint density at radius 2 is 1.71 bits per heavy atom. The summed E-state index contributed by atoms with van der Waals surface area (Å²) >= 11 is 1.56. The van der Waals surface area contributed by atoms with E-state index in [0.29, 0.717) is 37.5 Å². The molecular formula is C26H30F4N6O4S2. The van der Waals surface area contributed by atoms with Gasteiger partial charge in [0.1, 0.15) is 29.1 Å². The van der Waals surface area contributed by atoms with E-state index < -0.39 is 34.4 Å². The molecule has 0 saturated carbocycles. The second-order valence-corrected chi connectivity index (χ2v) is 12.4. The highest BCUT2D eigenvalue weighted by molar-refractivity contribution is 7.86. The normalized spacial score (nSPS) is 18.6. The van der Waals surface area contributed by atoms with E-state index >= 15 is 0 Å². The molecule has 1 fully saturated rings. The van der Waals surface area contributed by atoms with E-state index in [1.54, 1.807) is 36.8 Å². The Kier molecular flexibility index (Phi) is 9.05. The Morgan fingerprint density at radius 3 is 2.33 bits per heavy atom. The minimum absolute atomic E-state index is 0.206. The predicted molar refractivity (Wildman–Crippen MR) is 148 cm³/mol. The van der Waals surface area contributed by atoms with Crippen molar-refractivity contribution < 1.29 is 34.9 Å². The minimum atomic E-state index is -3.72. The van der Waals surface area contributed by atoms with Gasteiger partial charge in [-0.3, -0.25) is 10.6 Å². The smallest absolute Gasteiger partial charge is 0.306 e. The van der Waals surface area contributed by atoms with Crippen molar-refractivity contribution in [1.29, 1.82) is 0 Å². The van der Waals surface area contributed by atoms with Gasteiger partial charge in [0.05, 0.1) is 24.1 Å². The van der Waals surface area contributed by atoms with Gasteiger partial charge in [0.2, 0.25) is 0 Å². The van der Waals surface area contributed by atoms with Gasteiger partial charge >= 0.3 is 10.1 Å². The molecule has 2 aliphatic heterocycles. The van der Waals surface area contributed by atoms with Crippen molar-refractivity contribution in [2.45, 2.75) is 50.9 Å². The molecule has 10 nitrogen and oxygen atoms in total. The molecule has 42 heavy (non-hydrogen) atoms. The molecule has 0 spiro atoms. The SMILES string of the molecule is COc1ccc(OS(C)(=O)=O)c2c1CNC(c1csc(C3CCN(C=Cn4nc(C(F)F)cc4C(F)F)CC3)n1)NC2. The average Bonchev–Trinajstić information content (AvgIpc) is 3.55. The molecule has 0 radical (unpaired) electrons. The molecule has 5 rings (SSSR count). The van der Waals surface area contributed by atoms with E-state index in [2.05, 4.69) is 15.7 Å². The lowest BCUT2D eigenvalue weighted by Gasteiger charge is -2.30. The first-order valence-corrected chi connectivity index (χ1v) is 15.8. The van der Waals surface area contributed by atoms with Gasteiger partial charge in [0.15, 0.2) is 0 Å². The Hall–Kier alpha value is -3.21. The number of benzene rings is 1. The molecule has 2 N–H and O–H groups in total. The van der Waals surface area contributed by atoms with Gasteiger partial charge in [-0.15, -0.1) is 11.3 Å². The van der Waals surface area contributed by atoms with Crippen LogP contribution in [0.25, 0.3) is 6.20 Å². The number of alkyl halides is 4. The van der Waals surface area contributed by atoms with Crippen LogP contribution >= 0.6 is 11.3 Å². The van der Waals surface area contributed by atoms with Gasteiger partial charge < -0.3 is 13.8 Å². The third kappa shape index (κ3) is 6.88. The number of hydrogen-bond donors (Lipinski definition) is 2. The summed E-state index contributed by atoms with van der Waals surface area (Å²) in [7, 11) is -2.16. The van der Waals surface area contributed by atoms with Crippen LogP contribution in [0.5, 0.6) is 11.5 Å². The van der Waals surface area contributed by atoms with Crippen LogP contribution in [0.2, 0.25) is 0 Å². The number of thiazole rings is 1. The van der Waals surface area contributed by atoms with E-state index in [9.17, 15) is 26.0 Å². The summed E-state index contributed by atoms with van der Waals surface area (Å²) in [5, 5.41) is 13.4. The van der Waals surface area contributed by atoms with E-state index in [0.717, 1.165) is 46.1 Å². The predicted octanol–water partition coefficient (Wildman–Crippen LogP) is 4.76. The molecule has 228 valence electrons. The Morgan fingerprint density at radius 1 is 1.05 bits per heavy atom. The number of halogens is 4. The number of nitrogens with zero attached hydrogens (tertiary/aromatic N) is 4. The van der Waals surface area contributed by atoms with Crippen LogP contribution in [0.15, 0.2) is 29.8 Å². The first-order valence-electron chi connectivity index (χ1n) is 13.1. The van der Waals surface area contributed by atoms with Gasteiger partial charge in [-0.25, -0.2) is 27.2 Å². The second kappa shape index (κ2) is 12.6. The average molecular weight is 631 g/mol. The molecule has 0 aliphatic carbocycles. The Bertz CT molecular complexity index is 1540. The molecule has 2 aromatic heterocycles. The molecule has 0 amide bonds. The quantitative estimate of drug-likeness (QED) is 0.255. The maximum absolute atomic E-state index is 13.2. The van der Waals surface area contributed by atoms with Crippen molar-refractivity contribution in [2.24, 2.45) is 0 Å². The number of fused-ring (bicyclic) bond motifs is 1. The number of likely N-dealkylation sites (tertiary alicyclic amines) is 1. The van der Waals surface area contributed by atoms with Crippen LogP contribution in [0, 0.1) is 0 Å². The topological polar surface area (TPSA) is 111 Å². The van der Waals surface area contributed by atoms with Gasteiger partial charge in [-0.2, -0.15) is 13.5 Å². The number of rotatable bonds is 9. The third-order valence-corrected chi connectivity index (χ3v) is 8.64. The zero-order chi connectivity index (χ0) is 30.0. The highest BCUT2D eigenvalue weighted by Crippen LogP contribution is 2.35. The second-order valence-electron chi connectivity index (χ2n) is 9.96. The summed E-state index contributed by atoms with van der Waals surface area (Å²) < 4.78 is 87.4. The number of methoxy groups -OCH3 is 1. The molecule has 1 aromatic carbocycles. The van der Waals surface area contributed by atoms with Gasteiger partial charge in [0.25, 0.3) is 12.9 Å². The summed E-state index contributed by atoms with van der Waals surface area (Å²) in [6, 6.07) is 3.98. The zero-order valence-corrected chi connectivity index (χ0v) is 24.4. The largest absolute Gasteiger partial charge is 0.496 e. The van der Waals surface area contributed by atoms with Crippen LogP contribution in [0.1, 0.15) is 71.0 Å².